The van der Waals surface area contributed by atoms with Crippen molar-refractivity contribution in [3.63, 3.8) is 0 Å². The first kappa shape index (κ1) is 14.8. The minimum Gasteiger partial charge on any atom is -0.497 e. The highest BCUT2D eigenvalue weighted by atomic mass is 19.4. The van der Waals surface area contributed by atoms with Gasteiger partial charge < -0.3 is 10.1 Å². The summed E-state index contributed by atoms with van der Waals surface area (Å²) in [4.78, 5) is 0. The quantitative estimate of drug-likeness (QED) is 0.800. The third-order valence-electron chi connectivity index (χ3n) is 2.43. The highest BCUT2D eigenvalue weighted by molar-refractivity contribution is 5.28. The Bertz CT molecular complexity index is 351. The Labute approximate surface area is 104 Å². The van der Waals surface area contributed by atoms with Gasteiger partial charge in [-0.25, -0.2) is 0 Å². The van der Waals surface area contributed by atoms with Gasteiger partial charge in [0, 0.05) is 12.6 Å². The van der Waals surface area contributed by atoms with E-state index in [-0.39, 0.29) is 12.6 Å². The first-order chi connectivity index (χ1) is 8.42. The van der Waals surface area contributed by atoms with E-state index in [2.05, 4.69) is 10.1 Å². The van der Waals surface area contributed by atoms with E-state index < -0.39 is 13.0 Å². The minimum atomic E-state index is -4.56. The SMILES string of the molecule is COc1ccc([C@H](C)NCCOC(F)(F)F)cc1. The third kappa shape index (κ3) is 5.37. The van der Waals surface area contributed by atoms with Crippen LogP contribution in [0.2, 0.25) is 0 Å². The van der Waals surface area contributed by atoms with E-state index in [1.54, 1.807) is 19.2 Å². The monoisotopic (exact) mass is 263 g/mol. The highest BCUT2D eigenvalue weighted by Crippen LogP contribution is 2.18. The summed E-state index contributed by atoms with van der Waals surface area (Å²) in [6, 6.07) is 7.29. The molecule has 0 amide bonds. The van der Waals surface area contributed by atoms with Gasteiger partial charge >= 0.3 is 6.36 Å². The Balaban J connectivity index is 2.33. The van der Waals surface area contributed by atoms with E-state index in [0.717, 1.165) is 11.3 Å². The van der Waals surface area contributed by atoms with Crippen LogP contribution >= 0.6 is 0 Å². The lowest BCUT2D eigenvalue weighted by Crippen LogP contribution is -2.26. The maximum Gasteiger partial charge on any atom is 0.522 e. The maximum atomic E-state index is 11.7. The molecule has 0 aliphatic carbocycles. The lowest BCUT2D eigenvalue weighted by molar-refractivity contribution is -0.323. The van der Waals surface area contributed by atoms with Crippen molar-refractivity contribution in [3.8, 4) is 5.75 Å². The smallest absolute Gasteiger partial charge is 0.497 e. The van der Waals surface area contributed by atoms with Crippen LogP contribution in [0, 0.1) is 0 Å². The van der Waals surface area contributed by atoms with Gasteiger partial charge in [-0.3, -0.25) is 4.74 Å². The Morgan fingerprint density at radius 2 is 1.83 bits per heavy atom. The lowest BCUT2D eigenvalue weighted by Gasteiger charge is -2.15. The van der Waals surface area contributed by atoms with Gasteiger partial charge in [-0.05, 0) is 24.6 Å². The van der Waals surface area contributed by atoms with Crippen LogP contribution in [-0.4, -0.2) is 26.6 Å². The summed E-state index contributed by atoms with van der Waals surface area (Å²) in [5, 5.41) is 2.94. The van der Waals surface area contributed by atoms with Crippen molar-refractivity contribution in [1.29, 1.82) is 0 Å². The van der Waals surface area contributed by atoms with Gasteiger partial charge in [0.25, 0.3) is 0 Å². The molecule has 0 saturated heterocycles. The Kier molecular flexibility index (Phi) is 5.43. The topological polar surface area (TPSA) is 30.5 Å². The summed E-state index contributed by atoms with van der Waals surface area (Å²) in [5.74, 6) is 0.742. The van der Waals surface area contributed by atoms with Crippen LogP contribution in [0.1, 0.15) is 18.5 Å². The van der Waals surface area contributed by atoms with Crippen molar-refractivity contribution in [1.82, 2.24) is 5.32 Å². The second-order valence-corrected chi connectivity index (χ2v) is 3.74. The first-order valence-corrected chi connectivity index (χ1v) is 5.50. The molecule has 0 aliphatic heterocycles. The highest BCUT2D eigenvalue weighted by Gasteiger charge is 2.28. The molecule has 0 fully saturated rings. The zero-order chi connectivity index (χ0) is 13.6. The fraction of sp³-hybridized carbons (Fsp3) is 0.500. The molecule has 1 atom stereocenters. The van der Waals surface area contributed by atoms with Gasteiger partial charge in [0.1, 0.15) is 5.75 Å². The van der Waals surface area contributed by atoms with Crippen LogP contribution in [0.4, 0.5) is 13.2 Å². The summed E-state index contributed by atoms with van der Waals surface area (Å²) >= 11 is 0. The molecule has 0 saturated carbocycles. The molecule has 18 heavy (non-hydrogen) atoms. The molecule has 1 N–H and O–H groups in total. The molecular formula is C12H16F3NO2. The molecule has 0 heterocycles. The van der Waals surface area contributed by atoms with Crippen LogP contribution in [0.5, 0.6) is 5.75 Å². The Hall–Kier alpha value is -1.27. The number of alkyl halides is 3. The molecule has 6 heteroatoms. The second-order valence-electron chi connectivity index (χ2n) is 3.74. The van der Waals surface area contributed by atoms with Crippen LogP contribution in [0.15, 0.2) is 24.3 Å². The molecule has 1 aromatic carbocycles. The Morgan fingerprint density at radius 3 is 2.33 bits per heavy atom. The Morgan fingerprint density at radius 1 is 1.22 bits per heavy atom. The fourth-order valence-electron chi connectivity index (χ4n) is 1.45. The van der Waals surface area contributed by atoms with E-state index in [1.807, 2.05) is 19.1 Å². The number of nitrogens with one attached hydrogen (secondary N) is 1. The molecule has 0 bridgehead atoms. The van der Waals surface area contributed by atoms with E-state index >= 15 is 0 Å². The summed E-state index contributed by atoms with van der Waals surface area (Å²) in [6.07, 6.45) is -4.56. The molecule has 102 valence electrons. The number of rotatable bonds is 6. The fourth-order valence-corrected chi connectivity index (χ4v) is 1.45. The van der Waals surface area contributed by atoms with Crippen molar-refractivity contribution in [2.24, 2.45) is 0 Å². The van der Waals surface area contributed by atoms with Crippen molar-refractivity contribution in [2.75, 3.05) is 20.3 Å². The standard InChI is InChI=1S/C12H16F3NO2/c1-9(16-7-8-18-12(13,14)15)10-3-5-11(17-2)6-4-10/h3-6,9,16H,7-8H2,1-2H3/t9-/m0/s1. The average Bonchev–Trinajstić information content (AvgIpc) is 2.33. The van der Waals surface area contributed by atoms with Crippen LogP contribution < -0.4 is 10.1 Å². The third-order valence-corrected chi connectivity index (χ3v) is 2.43. The van der Waals surface area contributed by atoms with E-state index in [9.17, 15) is 13.2 Å². The largest absolute Gasteiger partial charge is 0.522 e. The van der Waals surface area contributed by atoms with E-state index in [4.69, 9.17) is 4.74 Å². The number of hydrogen-bond acceptors (Lipinski definition) is 3. The van der Waals surface area contributed by atoms with Crippen LogP contribution in [0.25, 0.3) is 0 Å². The zero-order valence-corrected chi connectivity index (χ0v) is 10.3. The number of methoxy groups -OCH3 is 1. The van der Waals surface area contributed by atoms with Gasteiger partial charge in [0.2, 0.25) is 0 Å². The molecule has 0 aromatic heterocycles. The predicted molar refractivity (Wildman–Crippen MR) is 61.4 cm³/mol. The zero-order valence-electron chi connectivity index (χ0n) is 10.3. The predicted octanol–water partition coefficient (Wildman–Crippen LogP) is 2.88. The first-order valence-electron chi connectivity index (χ1n) is 5.50. The van der Waals surface area contributed by atoms with E-state index in [0.29, 0.717) is 0 Å². The summed E-state index contributed by atoms with van der Waals surface area (Å²) in [7, 11) is 1.57. The summed E-state index contributed by atoms with van der Waals surface area (Å²) in [6.45, 7) is 1.60. The van der Waals surface area contributed by atoms with Crippen LogP contribution in [0.3, 0.4) is 0 Å². The van der Waals surface area contributed by atoms with Crippen LogP contribution in [-0.2, 0) is 4.74 Å². The summed E-state index contributed by atoms with van der Waals surface area (Å²) in [5.41, 5.74) is 0.975. The number of benzene rings is 1. The minimum absolute atomic E-state index is 0.0484. The van der Waals surface area contributed by atoms with Crippen molar-refractivity contribution >= 4 is 0 Å². The van der Waals surface area contributed by atoms with Gasteiger partial charge in [-0.15, -0.1) is 13.2 Å². The van der Waals surface area contributed by atoms with Gasteiger partial charge in [0.15, 0.2) is 0 Å². The van der Waals surface area contributed by atoms with Gasteiger partial charge in [-0.2, -0.15) is 0 Å². The van der Waals surface area contributed by atoms with E-state index in [1.165, 1.54) is 0 Å². The van der Waals surface area contributed by atoms with Crippen molar-refractivity contribution in [2.45, 2.75) is 19.3 Å². The molecule has 0 aliphatic rings. The molecule has 0 spiro atoms. The number of halogens is 3. The molecular weight excluding hydrogens is 247 g/mol. The average molecular weight is 263 g/mol. The van der Waals surface area contributed by atoms with Gasteiger partial charge in [0.05, 0.1) is 13.7 Å². The molecule has 3 nitrogen and oxygen atoms in total. The molecule has 0 radical (unpaired) electrons. The second kappa shape index (κ2) is 6.61. The number of ether oxygens (including phenoxy) is 2. The normalized spacial score (nSPS) is 13.4. The number of hydrogen-bond donors (Lipinski definition) is 1. The molecule has 1 rings (SSSR count). The van der Waals surface area contributed by atoms with Crippen molar-refractivity contribution in [3.05, 3.63) is 29.8 Å². The molecule has 0 unspecified atom stereocenters. The maximum absolute atomic E-state index is 11.7. The van der Waals surface area contributed by atoms with Crippen molar-refractivity contribution < 1.29 is 22.6 Å². The lowest BCUT2D eigenvalue weighted by atomic mass is 10.1. The van der Waals surface area contributed by atoms with Gasteiger partial charge in [-0.1, -0.05) is 12.1 Å². The molecule has 1 aromatic rings. The summed E-state index contributed by atoms with van der Waals surface area (Å²) < 4.78 is 43.9.